The second-order valence-electron chi connectivity index (χ2n) is 3.97. The largest absolute Gasteiger partial charge is 0.496 e. The monoisotopic (exact) mass is 263 g/mol. The van der Waals surface area contributed by atoms with E-state index in [0.717, 1.165) is 0 Å². The molecule has 0 amide bonds. The Kier molecular flexibility index (Phi) is 4.98. The van der Waals surface area contributed by atoms with Gasteiger partial charge in [0, 0.05) is 11.6 Å². The van der Waals surface area contributed by atoms with Gasteiger partial charge in [-0.3, -0.25) is 0 Å². The summed E-state index contributed by atoms with van der Waals surface area (Å²) >= 11 is 0. The maximum Gasteiger partial charge on any atom is 0.282 e. The molecule has 0 heterocycles. The van der Waals surface area contributed by atoms with Crippen LogP contribution in [0.3, 0.4) is 0 Å². The third-order valence-electron chi connectivity index (χ3n) is 2.56. The van der Waals surface area contributed by atoms with Gasteiger partial charge in [0.2, 0.25) is 0 Å². The zero-order valence-corrected chi connectivity index (χ0v) is 10.2. The summed E-state index contributed by atoms with van der Waals surface area (Å²) in [6.07, 6.45) is 0. The number of alkyl halides is 2. The normalized spacial score (nSPS) is 13.4. The lowest BCUT2D eigenvalue weighted by Crippen LogP contribution is -2.37. The predicted octanol–water partition coefficient (Wildman–Crippen LogP) is 2.11. The van der Waals surface area contributed by atoms with Crippen LogP contribution in [0.25, 0.3) is 0 Å². The fraction of sp³-hybridized carbons (Fsp3) is 0.500. The van der Waals surface area contributed by atoms with Crippen LogP contribution in [0.15, 0.2) is 18.2 Å². The molecule has 0 aliphatic heterocycles. The molecule has 0 aliphatic rings. The lowest BCUT2D eigenvalue weighted by atomic mass is 10.1. The molecule has 2 N–H and O–H groups in total. The Bertz CT molecular complexity index is 399. The van der Waals surface area contributed by atoms with Crippen molar-refractivity contribution < 1.29 is 23.0 Å². The van der Waals surface area contributed by atoms with Crippen molar-refractivity contribution >= 4 is 0 Å². The third-order valence-corrected chi connectivity index (χ3v) is 2.56. The number of aliphatic hydroxyl groups excluding tert-OH is 1. The van der Waals surface area contributed by atoms with Crippen LogP contribution in [-0.2, 0) is 0 Å². The fourth-order valence-corrected chi connectivity index (χ4v) is 1.58. The molecule has 0 spiro atoms. The molecule has 0 radical (unpaired) electrons. The highest BCUT2D eigenvalue weighted by atomic mass is 19.3. The van der Waals surface area contributed by atoms with Gasteiger partial charge in [-0.25, -0.2) is 13.2 Å². The molecule has 0 aromatic heterocycles. The van der Waals surface area contributed by atoms with Gasteiger partial charge in [-0.2, -0.15) is 0 Å². The van der Waals surface area contributed by atoms with Crippen LogP contribution in [0.1, 0.15) is 18.5 Å². The first-order valence-electron chi connectivity index (χ1n) is 5.45. The van der Waals surface area contributed by atoms with Crippen molar-refractivity contribution in [2.45, 2.75) is 18.9 Å². The van der Waals surface area contributed by atoms with E-state index in [0.29, 0.717) is 5.75 Å². The molecule has 0 saturated carbocycles. The molecule has 0 saturated heterocycles. The SMILES string of the molecule is COc1cccc(F)c1C(C)NCC(F)(F)CO. The molecule has 1 aromatic rings. The van der Waals surface area contributed by atoms with E-state index in [1.54, 1.807) is 13.0 Å². The van der Waals surface area contributed by atoms with Gasteiger partial charge in [0.1, 0.15) is 18.2 Å². The first kappa shape index (κ1) is 14.8. The summed E-state index contributed by atoms with van der Waals surface area (Å²) in [7, 11) is 1.38. The predicted molar refractivity (Wildman–Crippen MR) is 61.4 cm³/mol. The highest BCUT2D eigenvalue weighted by molar-refractivity contribution is 5.36. The minimum absolute atomic E-state index is 0.189. The first-order chi connectivity index (χ1) is 8.41. The topological polar surface area (TPSA) is 41.5 Å². The second kappa shape index (κ2) is 6.06. The van der Waals surface area contributed by atoms with E-state index in [2.05, 4.69) is 5.32 Å². The van der Waals surface area contributed by atoms with Crippen molar-refractivity contribution in [3.8, 4) is 5.75 Å². The number of ether oxygens (including phenoxy) is 1. The van der Waals surface area contributed by atoms with Crippen molar-refractivity contribution in [2.75, 3.05) is 20.3 Å². The molecule has 1 atom stereocenters. The highest BCUT2D eigenvalue weighted by Gasteiger charge is 2.29. The summed E-state index contributed by atoms with van der Waals surface area (Å²) in [4.78, 5) is 0. The second-order valence-corrected chi connectivity index (χ2v) is 3.97. The van der Waals surface area contributed by atoms with E-state index < -0.39 is 30.9 Å². The Labute approximate surface area is 104 Å². The minimum Gasteiger partial charge on any atom is -0.496 e. The van der Waals surface area contributed by atoms with E-state index in [-0.39, 0.29) is 5.56 Å². The molecule has 1 aromatic carbocycles. The van der Waals surface area contributed by atoms with E-state index in [1.165, 1.54) is 19.2 Å². The number of methoxy groups -OCH3 is 1. The molecule has 0 aliphatic carbocycles. The van der Waals surface area contributed by atoms with Crippen LogP contribution >= 0.6 is 0 Å². The van der Waals surface area contributed by atoms with E-state index in [1.807, 2.05) is 0 Å². The molecule has 1 rings (SSSR count). The highest BCUT2D eigenvalue weighted by Crippen LogP contribution is 2.28. The van der Waals surface area contributed by atoms with Crippen LogP contribution in [0.5, 0.6) is 5.75 Å². The number of aliphatic hydroxyl groups is 1. The molecule has 102 valence electrons. The van der Waals surface area contributed by atoms with Gasteiger partial charge in [-0.15, -0.1) is 0 Å². The number of nitrogens with one attached hydrogen (secondary N) is 1. The minimum atomic E-state index is -3.23. The Balaban J connectivity index is 2.81. The molecular weight excluding hydrogens is 247 g/mol. The Morgan fingerprint density at radius 3 is 2.67 bits per heavy atom. The van der Waals surface area contributed by atoms with Gasteiger partial charge in [0.05, 0.1) is 13.7 Å². The average Bonchev–Trinajstić information content (AvgIpc) is 2.35. The zero-order valence-electron chi connectivity index (χ0n) is 10.2. The van der Waals surface area contributed by atoms with E-state index in [9.17, 15) is 13.2 Å². The lowest BCUT2D eigenvalue weighted by Gasteiger charge is -2.21. The fourth-order valence-electron chi connectivity index (χ4n) is 1.58. The Morgan fingerprint density at radius 2 is 2.11 bits per heavy atom. The number of halogens is 3. The van der Waals surface area contributed by atoms with Gasteiger partial charge in [0.15, 0.2) is 0 Å². The number of hydrogen-bond acceptors (Lipinski definition) is 3. The summed E-state index contributed by atoms with van der Waals surface area (Å²) < 4.78 is 44.4. The van der Waals surface area contributed by atoms with Gasteiger partial charge in [0.25, 0.3) is 5.92 Å². The molecule has 3 nitrogen and oxygen atoms in total. The average molecular weight is 263 g/mol. The van der Waals surface area contributed by atoms with Crippen molar-refractivity contribution in [1.29, 1.82) is 0 Å². The van der Waals surface area contributed by atoms with Crippen LogP contribution in [0.4, 0.5) is 13.2 Å². The maximum atomic E-state index is 13.6. The van der Waals surface area contributed by atoms with Gasteiger partial charge >= 0.3 is 0 Å². The molecule has 6 heteroatoms. The van der Waals surface area contributed by atoms with E-state index in [4.69, 9.17) is 9.84 Å². The molecule has 18 heavy (non-hydrogen) atoms. The van der Waals surface area contributed by atoms with Gasteiger partial charge in [-0.1, -0.05) is 6.07 Å². The van der Waals surface area contributed by atoms with Crippen molar-refractivity contribution in [3.63, 3.8) is 0 Å². The lowest BCUT2D eigenvalue weighted by molar-refractivity contribution is -0.0491. The van der Waals surface area contributed by atoms with Crippen LogP contribution in [-0.4, -0.2) is 31.3 Å². The summed E-state index contributed by atoms with van der Waals surface area (Å²) in [6, 6.07) is 3.62. The van der Waals surface area contributed by atoms with E-state index >= 15 is 0 Å². The molecular formula is C12H16F3NO2. The quantitative estimate of drug-likeness (QED) is 0.826. The summed E-state index contributed by atoms with van der Waals surface area (Å²) in [5.74, 6) is -3.46. The number of hydrogen-bond donors (Lipinski definition) is 2. The molecule has 0 bridgehead atoms. The van der Waals surface area contributed by atoms with Crippen LogP contribution < -0.4 is 10.1 Å². The van der Waals surface area contributed by atoms with Gasteiger partial charge < -0.3 is 15.2 Å². The first-order valence-corrected chi connectivity index (χ1v) is 5.45. The summed E-state index contributed by atoms with van der Waals surface area (Å²) in [5.41, 5.74) is 0.189. The summed E-state index contributed by atoms with van der Waals surface area (Å²) in [6.45, 7) is -0.433. The van der Waals surface area contributed by atoms with Crippen LogP contribution in [0, 0.1) is 5.82 Å². The Morgan fingerprint density at radius 1 is 1.44 bits per heavy atom. The van der Waals surface area contributed by atoms with Gasteiger partial charge in [-0.05, 0) is 19.1 Å². The number of benzene rings is 1. The number of rotatable bonds is 6. The van der Waals surface area contributed by atoms with Crippen molar-refractivity contribution in [2.24, 2.45) is 0 Å². The maximum absolute atomic E-state index is 13.6. The summed E-state index contributed by atoms with van der Waals surface area (Å²) in [5, 5.41) is 10.9. The van der Waals surface area contributed by atoms with Crippen LogP contribution in [0.2, 0.25) is 0 Å². The smallest absolute Gasteiger partial charge is 0.282 e. The molecule has 0 fully saturated rings. The van der Waals surface area contributed by atoms with Crippen molar-refractivity contribution in [3.05, 3.63) is 29.6 Å². The standard InChI is InChI=1S/C12H16F3NO2/c1-8(16-6-12(14,15)7-17)11-9(13)4-3-5-10(11)18-2/h3-5,8,16-17H,6-7H2,1-2H3. The van der Waals surface area contributed by atoms with Crippen molar-refractivity contribution in [1.82, 2.24) is 5.32 Å². The Hall–Kier alpha value is -1.27. The zero-order chi connectivity index (χ0) is 13.8. The third kappa shape index (κ3) is 3.61. The molecule has 1 unspecified atom stereocenters.